The van der Waals surface area contributed by atoms with Crippen molar-refractivity contribution < 1.29 is 0 Å². The molecule has 0 atom stereocenters. The lowest BCUT2D eigenvalue weighted by Gasteiger charge is -2.17. The van der Waals surface area contributed by atoms with Crippen LogP contribution in [0.15, 0.2) is 11.4 Å². The van der Waals surface area contributed by atoms with E-state index in [1.54, 1.807) is 11.3 Å². The first-order valence-electron chi connectivity index (χ1n) is 6.26. The van der Waals surface area contributed by atoms with Gasteiger partial charge in [-0.1, -0.05) is 20.8 Å². The molecule has 0 fully saturated rings. The molecule has 0 aliphatic heterocycles. The van der Waals surface area contributed by atoms with Crippen molar-refractivity contribution in [3.63, 3.8) is 0 Å². The number of anilines is 1. The van der Waals surface area contributed by atoms with Crippen molar-refractivity contribution in [3.05, 3.63) is 22.7 Å². The van der Waals surface area contributed by atoms with E-state index in [1.165, 1.54) is 16.0 Å². The number of thiophene rings is 1. The number of fused-ring (bicyclic) bond motifs is 1. The van der Waals surface area contributed by atoms with Gasteiger partial charge in [0.2, 0.25) is 0 Å². The molecule has 0 saturated carbocycles. The quantitative estimate of drug-likeness (QED) is 0.858. The van der Waals surface area contributed by atoms with Crippen LogP contribution in [0.4, 0.5) is 5.69 Å². The number of hydrogen-bond acceptors (Lipinski definition) is 3. The lowest BCUT2D eigenvalue weighted by molar-refractivity contribution is 0.845. The van der Waals surface area contributed by atoms with Crippen molar-refractivity contribution in [2.45, 2.75) is 40.0 Å². The van der Waals surface area contributed by atoms with Crippen LogP contribution in [0.5, 0.6) is 0 Å². The topological polar surface area (TPSA) is 24.9 Å². The third-order valence-electron chi connectivity index (χ3n) is 2.95. The molecule has 0 unspecified atom stereocenters. The summed E-state index contributed by atoms with van der Waals surface area (Å²) in [4.78, 5) is 4.70. The lowest BCUT2D eigenvalue weighted by atomic mass is 9.99. The minimum absolute atomic E-state index is 0.508. The van der Waals surface area contributed by atoms with Gasteiger partial charge in [0, 0.05) is 17.8 Å². The first-order valence-corrected chi connectivity index (χ1v) is 7.14. The summed E-state index contributed by atoms with van der Waals surface area (Å²) < 4.78 is 1.30. The standard InChI is InChI=1S/C14H20N2S/c1-5-7-15-13-12(9(2)3)10(4)16-11-6-8-17-14(11)13/h6,8-9H,5,7H2,1-4H3,(H,15,16). The molecule has 2 nitrogen and oxygen atoms in total. The predicted molar refractivity (Wildman–Crippen MR) is 77.2 cm³/mol. The fourth-order valence-corrected chi connectivity index (χ4v) is 3.12. The highest BCUT2D eigenvalue weighted by molar-refractivity contribution is 7.17. The average Bonchev–Trinajstić information content (AvgIpc) is 2.72. The van der Waals surface area contributed by atoms with Crippen molar-refractivity contribution in [3.8, 4) is 0 Å². The first-order chi connectivity index (χ1) is 8.15. The van der Waals surface area contributed by atoms with Crippen LogP contribution in [0.3, 0.4) is 0 Å². The van der Waals surface area contributed by atoms with Crippen molar-refractivity contribution in [2.75, 3.05) is 11.9 Å². The Morgan fingerprint density at radius 3 is 2.82 bits per heavy atom. The lowest BCUT2D eigenvalue weighted by Crippen LogP contribution is -2.07. The summed E-state index contributed by atoms with van der Waals surface area (Å²) in [5.41, 5.74) is 4.95. The second-order valence-corrected chi connectivity index (χ2v) is 5.62. The van der Waals surface area contributed by atoms with Gasteiger partial charge in [0.25, 0.3) is 0 Å². The highest BCUT2D eigenvalue weighted by atomic mass is 32.1. The SMILES string of the molecule is CCCNc1c(C(C)C)c(C)nc2ccsc12. The molecule has 2 heterocycles. The van der Waals surface area contributed by atoms with E-state index in [-0.39, 0.29) is 0 Å². The van der Waals surface area contributed by atoms with E-state index in [1.807, 2.05) is 0 Å². The van der Waals surface area contributed by atoms with E-state index in [4.69, 9.17) is 4.98 Å². The smallest absolute Gasteiger partial charge is 0.0834 e. The van der Waals surface area contributed by atoms with E-state index >= 15 is 0 Å². The number of hydrogen-bond donors (Lipinski definition) is 1. The van der Waals surface area contributed by atoms with Crippen molar-refractivity contribution >= 4 is 27.2 Å². The number of nitrogens with one attached hydrogen (secondary N) is 1. The van der Waals surface area contributed by atoms with Crippen LogP contribution in [-0.4, -0.2) is 11.5 Å². The molecule has 0 radical (unpaired) electrons. The highest BCUT2D eigenvalue weighted by Gasteiger charge is 2.15. The van der Waals surface area contributed by atoms with Crippen LogP contribution in [-0.2, 0) is 0 Å². The van der Waals surface area contributed by atoms with Gasteiger partial charge in [-0.3, -0.25) is 4.98 Å². The summed E-state index contributed by atoms with van der Waals surface area (Å²) in [5, 5.41) is 5.71. The number of aryl methyl sites for hydroxylation is 1. The minimum Gasteiger partial charge on any atom is -0.384 e. The Hall–Kier alpha value is -1.09. The van der Waals surface area contributed by atoms with Crippen molar-refractivity contribution in [1.82, 2.24) is 4.98 Å². The molecule has 17 heavy (non-hydrogen) atoms. The molecule has 2 aromatic heterocycles. The van der Waals surface area contributed by atoms with Gasteiger partial charge in [0.05, 0.1) is 15.9 Å². The Morgan fingerprint density at radius 1 is 1.41 bits per heavy atom. The molecule has 0 amide bonds. The summed E-state index contributed by atoms with van der Waals surface area (Å²) in [7, 11) is 0. The molecular weight excluding hydrogens is 228 g/mol. The molecule has 1 N–H and O–H groups in total. The third kappa shape index (κ3) is 2.29. The van der Waals surface area contributed by atoms with Gasteiger partial charge in [0.1, 0.15) is 0 Å². The normalized spacial score (nSPS) is 11.4. The summed E-state index contributed by atoms with van der Waals surface area (Å²) in [6.07, 6.45) is 1.14. The fraction of sp³-hybridized carbons (Fsp3) is 0.500. The van der Waals surface area contributed by atoms with Crippen molar-refractivity contribution in [2.24, 2.45) is 0 Å². The maximum absolute atomic E-state index is 4.70. The molecule has 0 aliphatic carbocycles. The Morgan fingerprint density at radius 2 is 2.18 bits per heavy atom. The molecule has 0 bridgehead atoms. The Balaban J connectivity index is 2.62. The van der Waals surface area contributed by atoms with Gasteiger partial charge in [-0.25, -0.2) is 0 Å². The summed E-state index contributed by atoms with van der Waals surface area (Å²) in [5.74, 6) is 0.508. The molecule has 0 saturated heterocycles. The third-order valence-corrected chi connectivity index (χ3v) is 3.87. The van der Waals surface area contributed by atoms with Gasteiger partial charge >= 0.3 is 0 Å². The molecule has 2 rings (SSSR count). The Kier molecular flexibility index (Phi) is 3.67. The monoisotopic (exact) mass is 248 g/mol. The fourth-order valence-electron chi connectivity index (χ4n) is 2.25. The molecule has 0 spiro atoms. The van der Waals surface area contributed by atoms with Crippen LogP contribution >= 0.6 is 11.3 Å². The van der Waals surface area contributed by atoms with Gasteiger partial charge < -0.3 is 5.32 Å². The average molecular weight is 248 g/mol. The molecule has 3 heteroatoms. The second kappa shape index (κ2) is 5.05. The highest BCUT2D eigenvalue weighted by Crippen LogP contribution is 2.36. The Labute approximate surface area is 107 Å². The van der Waals surface area contributed by atoms with Gasteiger partial charge in [0.15, 0.2) is 0 Å². The zero-order valence-corrected chi connectivity index (χ0v) is 11.8. The number of pyridine rings is 1. The summed E-state index contributed by atoms with van der Waals surface area (Å²) in [6.45, 7) is 9.81. The minimum atomic E-state index is 0.508. The summed E-state index contributed by atoms with van der Waals surface area (Å²) in [6, 6.07) is 2.11. The van der Waals surface area contributed by atoms with Crippen LogP contribution in [0, 0.1) is 6.92 Å². The molecular formula is C14H20N2S. The van der Waals surface area contributed by atoms with Crippen molar-refractivity contribution in [1.29, 1.82) is 0 Å². The van der Waals surface area contributed by atoms with E-state index in [0.717, 1.165) is 24.2 Å². The maximum Gasteiger partial charge on any atom is 0.0834 e. The predicted octanol–water partition coefficient (Wildman–Crippen LogP) is 4.55. The summed E-state index contributed by atoms with van der Waals surface area (Å²) >= 11 is 1.78. The molecule has 92 valence electrons. The van der Waals surface area contributed by atoms with Crippen LogP contribution < -0.4 is 5.32 Å². The number of nitrogens with zero attached hydrogens (tertiary/aromatic N) is 1. The zero-order chi connectivity index (χ0) is 12.4. The van der Waals surface area contributed by atoms with Gasteiger partial charge in [-0.15, -0.1) is 11.3 Å². The van der Waals surface area contributed by atoms with Gasteiger partial charge in [-0.05, 0) is 30.7 Å². The first kappa shape index (κ1) is 12.4. The van der Waals surface area contributed by atoms with Crippen LogP contribution in [0.25, 0.3) is 10.2 Å². The van der Waals surface area contributed by atoms with Crippen LogP contribution in [0.2, 0.25) is 0 Å². The van der Waals surface area contributed by atoms with E-state index in [9.17, 15) is 0 Å². The second-order valence-electron chi connectivity index (χ2n) is 4.70. The largest absolute Gasteiger partial charge is 0.384 e. The van der Waals surface area contributed by atoms with Crippen LogP contribution in [0.1, 0.15) is 44.4 Å². The molecule has 0 aromatic carbocycles. The maximum atomic E-state index is 4.70. The number of rotatable bonds is 4. The van der Waals surface area contributed by atoms with Gasteiger partial charge in [-0.2, -0.15) is 0 Å². The molecule has 2 aromatic rings. The van der Waals surface area contributed by atoms with E-state index in [2.05, 4.69) is 44.5 Å². The zero-order valence-electron chi connectivity index (χ0n) is 11.0. The van der Waals surface area contributed by atoms with E-state index in [0.29, 0.717) is 5.92 Å². The molecule has 0 aliphatic rings. The Bertz CT molecular complexity index is 514. The number of aromatic nitrogens is 1. The van der Waals surface area contributed by atoms with E-state index < -0.39 is 0 Å².